The third-order valence-corrected chi connectivity index (χ3v) is 6.05. The molecule has 0 saturated heterocycles. The maximum Gasteiger partial charge on any atom is 0.307 e. The first kappa shape index (κ1) is 16.4. The predicted octanol–water partition coefficient (Wildman–Crippen LogP) is 3.42. The molecule has 2 aliphatic carbocycles. The Morgan fingerprint density at radius 1 is 0.957 bits per heavy atom. The average Bonchev–Trinajstić information content (AvgIpc) is 3.04. The van der Waals surface area contributed by atoms with Gasteiger partial charge in [-0.1, -0.05) is 43.4 Å². The Morgan fingerprint density at radius 2 is 1.61 bits per heavy atom. The van der Waals surface area contributed by atoms with Gasteiger partial charge in [-0.05, 0) is 25.7 Å². The highest BCUT2D eigenvalue weighted by atomic mass is 32.1. The molecule has 0 bridgehead atoms. The van der Waals surface area contributed by atoms with Crippen LogP contribution in [0, 0.1) is 11.8 Å². The molecule has 2 fully saturated rings. The molecule has 3 rings (SSSR count). The minimum Gasteiger partial charge on any atom is -0.481 e. The summed E-state index contributed by atoms with van der Waals surface area (Å²) >= 11 is 1.44. The maximum absolute atomic E-state index is 12.4. The lowest BCUT2D eigenvalue weighted by Gasteiger charge is -2.26. The number of amides is 1. The molecule has 2 N–H and O–H groups in total. The van der Waals surface area contributed by atoms with Crippen molar-refractivity contribution in [1.82, 2.24) is 10.2 Å². The summed E-state index contributed by atoms with van der Waals surface area (Å²) in [6.45, 7) is 0. The molecule has 0 radical (unpaired) electrons. The zero-order chi connectivity index (χ0) is 16.2. The van der Waals surface area contributed by atoms with Crippen LogP contribution in [0.2, 0.25) is 0 Å². The number of carbonyl (C=O) groups excluding carboxylic acids is 1. The van der Waals surface area contributed by atoms with Crippen LogP contribution in [0.5, 0.6) is 0 Å². The first-order valence-corrected chi connectivity index (χ1v) is 9.34. The van der Waals surface area contributed by atoms with Crippen molar-refractivity contribution in [1.29, 1.82) is 0 Å². The maximum atomic E-state index is 12.4. The summed E-state index contributed by atoms with van der Waals surface area (Å²) in [4.78, 5) is 23.8. The van der Waals surface area contributed by atoms with Crippen LogP contribution in [0.1, 0.15) is 68.7 Å². The number of nitrogens with one attached hydrogen (secondary N) is 1. The average molecular weight is 337 g/mol. The van der Waals surface area contributed by atoms with Gasteiger partial charge in [0, 0.05) is 5.92 Å². The zero-order valence-electron chi connectivity index (χ0n) is 13.2. The molecule has 1 amide bonds. The van der Waals surface area contributed by atoms with Crippen molar-refractivity contribution in [2.45, 2.75) is 63.7 Å². The molecular formula is C16H23N3O3S. The largest absolute Gasteiger partial charge is 0.481 e. The highest BCUT2D eigenvalue weighted by Crippen LogP contribution is 2.36. The van der Waals surface area contributed by atoms with Crippen molar-refractivity contribution in [2.75, 3.05) is 5.32 Å². The Bertz CT molecular complexity index is 569. The molecule has 126 valence electrons. The minimum absolute atomic E-state index is 0.219. The number of aromatic nitrogens is 2. The molecular weight excluding hydrogens is 314 g/mol. The molecule has 2 atom stereocenters. The summed E-state index contributed by atoms with van der Waals surface area (Å²) in [5.41, 5.74) is 0. The quantitative estimate of drug-likeness (QED) is 0.878. The van der Waals surface area contributed by atoms with Gasteiger partial charge in [0.2, 0.25) is 11.0 Å². The molecule has 0 unspecified atom stereocenters. The van der Waals surface area contributed by atoms with Crippen LogP contribution in [0.25, 0.3) is 0 Å². The van der Waals surface area contributed by atoms with Crippen molar-refractivity contribution in [3.05, 3.63) is 5.01 Å². The van der Waals surface area contributed by atoms with Gasteiger partial charge in [0.15, 0.2) is 0 Å². The topological polar surface area (TPSA) is 92.2 Å². The number of anilines is 1. The van der Waals surface area contributed by atoms with E-state index in [4.69, 9.17) is 0 Å². The molecule has 7 heteroatoms. The monoisotopic (exact) mass is 337 g/mol. The molecule has 1 aromatic rings. The first-order valence-electron chi connectivity index (χ1n) is 8.52. The third-order valence-electron chi connectivity index (χ3n) is 5.05. The standard InChI is InChI=1S/C16H23N3O3S/c20-13(11-8-4-5-9-12(11)15(21)22)17-16-19-18-14(23-16)10-6-2-1-3-7-10/h10-12H,1-9H2,(H,21,22)(H,17,19,20)/t11-,12-/m0/s1. The van der Waals surface area contributed by atoms with Crippen LogP contribution in [0.3, 0.4) is 0 Å². The summed E-state index contributed by atoms with van der Waals surface area (Å²) < 4.78 is 0. The lowest BCUT2D eigenvalue weighted by atomic mass is 9.79. The van der Waals surface area contributed by atoms with Gasteiger partial charge in [0.25, 0.3) is 0 Å². The SMILES string of the molecule is O=C(O)[C@H]1CCCC[C@@H]1C(=O)Nc1nnc(C2CCCCC2)s1. The van der Waals surface area contributed by atoms with Gasteiger partial charge in [-0.25, -0.2) is 0 Å². The van der Waals surface area contributed by atoms with E-state index in [1.807, 2.05) is 0 Å². The predicted molar refractivity (Wildman–Crippen MR) is 87.4 cm³/mol. The van der Waals surface area contributed by atoms with E-state index < -0.39 is 17.8 Å². The summed E-state index contributed by atoms with van der Waals surface area (Å²) in [5, 5.41) is 21.9. The Balaban J connectivity index is 1.63. The van der Waals surface area contributed by atoms with Gasteiger partial charge >= 0.3 is 5.97 Å². The Kier molecular flexibility index (Phi) is 5.25. The fourth-order valence-corrected chi connectivity index (χ4v) is 4.65. The van der Waals surface area contributed by atoms with Crippen LogP contribution >= 0.6 is 11.3 Å². The van der Waals surface area contributed by atoms with E-state index in [0.29, 0.717) is 23.9 Å². The Labute approximate surface area is 139 Å². The molecule has 1 heterocycles. The number of carboxylic acids is 1. The van der Waals surface area contributed by atoms with Crippen LogP contribution in [0.15, 0.2) is 0 Å². The van der Waals surface area contributed by atoms with Gasteiger partial charge in [0.05, 0.1) is 11.8 Å². The van der Waals surface area contributed by atoms with E-state index in [1.54, 1.807) is 0 Å². The second-order valence-corrected chi connectivity index (χ2v) is 7.61. The number of carbonyl (C=O) groups is 2. The summed E-state index contributed by atoms with van der Waals surface area (Å²) in [6, 6.07) is 0. The van der Waals surface area contributed by atoms with Gasteiger partial charge in [-0.2, -0.15) is 0 Å². The summed E-state index contributed by atoms with van der Waals surface area (Å²) in [5.74, 6) is -1.65. The summed E-state index contributed by atoms with van der Waals surface area (Å²) in [7, 11) is 0. The summed E-state index contributed by atoms with van der Waals surface area (Å²) in [6.07, 6.45) is 9.04. The molecule has 2 aliphatic rings. The van der Waals surface area contributed by atoms with Crippen LogP contribution < -0.4 is 5.32 Å². The van der Waals surface area contributed by atoms with Crippen LogP contribution in [-0.2, 0) is 9.59 Å². The molecule has 0 spiro atoms. The zero-order valence-corrected chi connectivity index (χ0v) is 14.0. The van der Waals surface area contributed by atoms with Crippen LogP contribution in [-0.4, -0.2) is 27.2 Å². The molecule has 1 aromatic heterocycles. The highest BCUT2D eigenvalue weighted by Gasteiger charge is 2.36. The van der Waals surface area contributed by atoms with E-state index in [9.17, 15) is 14.7 Å². The minimum atomic E-state index is -0.870. The number of rotatable bonds is 4. The van der Waals surface area contributed by atoms with E-state index in [2.05, 4.69) is 15.5 Å². The van der Waals surface area contributed by atoms with Gasteiger partial charge in [-0.3, -0.25) is 9.59 Å². The number of hydrogen-bond acceptors (Lipinski definition) is 5. The number of carboxylic acid groups (broad SMARTS) is 1. The lowest BCUT2D eigenvalue weighted by Crippen LogP contribution is -2.36. The fraction of sp³-hybridized carbons (Fsp3) is 0.750. The molecule has 0 aliphatic heterocycles. The molecule has 0 aromatic carbocycles. The smallest absolute Gasteiger partial charge is 0.307 e. The van der Waals surface area contributed by atoms with Crippen LogP contribution in [0.4, 0.5) is 5.13 Å². The van der Waals surface area contributed by atoms with Crippen molar-refractivity contribution < 1.29 is 14.7 Å². The molecule has 6 nitrogen and oxygen atoms in total. The van der Waals surface area contributed by atoms with Crippen molar-refractivity contribution in [2.24, 2.45) is 11.8 Å². The Morgan fingerprint density at radius 3 is 2.30 bits per heavy atom. The van der Waals surface area contributed by atoms with Crippen molar-refractivity contribution >= 4 is 28.3 Å². The number of hydrogen-bond donors (Lipinski definition) is 2. The fourth-order valence-electron chi connectivity index (χ4n) is 3.74. The molecule has 2 saturated carbocycles. The Hall–Kier alpha value is -1.50. The van der Waals surface area contributed by atoms with Gasteiger partial charge < -0.3 is 10.4 Å². The second kappa shape index (κ2) is 7.38. The molecule has 23 heavy (non-hydrogen) atoms. The number of aliphatic carboxylic acids is 1. The van der Waals surface area contributed by atoms with E-state index in [-0.39, 0.29) is 5.91 Å². The second-order valence-electron chi connectivity index (χ2n) is 6.61. The van der Waals surface area contributed by atoms with Gasteiger partial charge in [0.1, 0.15) is 5.01 Å². The van der Waals surface area contributed by atoms with E-state index in [0.717, 1.165) is 30.7 Å². The highest BCUT2D eigenvalue weighted by molar-refractivity contribution is 7.15. The van der Waals surface area contributed by atoms with Gasteiger partial charge in [-0.15, -0.1) is 10.2 Å². The van der Waals surface area contributed by atoms with Crippen molar-refractivity contribution in [3.8, 4) is 0 Å². The lowest BCUT2D eigenvalue weighted by molar-refractivity contribution is -0.147. The van der Waals surface area contributed by atoms with E-state index in [1.165, 1.54) is 30.6 Å². The van der Waals surface area contributed by atoms with E-state index >= 15 is 0 Å². The number of nitrogens with zero attached hydrogens (tertiary/aromatic N) is 2. The van der Waals surface area contributed by atoms with Crippen molar-refractivity contribution in [3.63, 3.8) is 0 Å². The third kappa shape index (κ3) is 3.88. The first-order chi connectivity index (χ1) is 11.1. The normalized spacial score (nSPS) is 25.9.